The first-order valence-electron chi connectivity index (χ1n) is 9.27. The Kier molecular flexibility index (Phi) is 6.04. The average Bonchev–Trinajstić information content (AvgIpc) is 2.65. The standard InChI is InChI=1S/C21H23F2N3O2/c1-12(2)9-19(27)25-17-5-3-13(10-16(17)22)21(28)26-18-6-4-14-11-24-8-7-15(14)20(18)23/h3-6,10,12,24H,7-9,11H2,1-2H3,(H,25,27)(H,26,28). The van der Waals surface area contributed by atoms with Crippen LogP contribution in [-0.2, 0) is 17.8 Å². The van der Waals surface area contributed by atoms with Gasteiger partial charge in [0.15, 0.2) is 0 Å². The summed E-state index contributed by atoms with van der Waals surface area (Å²) in [6, 6.07) is 7.03. The van der Waals surface area contributed by atoms with Crippen LogP contribution in [0.3, 0.4) is 0 Å². The van der Waals surface area contributed by atoms with Gasteiger partial charge in [0, 0.05) is 18.5 Å². The van der Waals surface area contributed by atoms with Crippen molar-refractivity contribution in [2.75, 3.05) is 17.2 Å². The minimum atomic E-state index is -0.721. The van der Waals surface area contributed by atoms with Crippen LogP contribution in [0.25, 0.3) is 0 Å². The van der Waals surface area contributed by atoms with Crippen molar-refractivity contribution in [2.24, 2.45) is 5.92 Å². The van der Waals surface area contributed by atoms with E-state index >= 15 is 0 Å². The third-order valence-corrected chi connectivity index (χ3v) is 4.55. The van der Waals surface area contributed by atoms with Gasteiger partial charge >= 0.3 is 0 Å². The molecule has 0 aromatic heterocycles. The van der Waals surface area contributed by atoms with E-state index < -0.39 is 17.5 Å². The van der Waals surface area contributed by atoms with Gasteiger partial charge in [0.1, 0.15) is 11.6 Å². The zero-order valence-corrected chi connectivity index (χ0v) is 15.9. The van der Waals surface area contributed by atoms with Crippen LogP contribution in [-0.4, -0.2) is 18.4 Å². The maximum atomic E-state index is 14.7. The minimum absolute atomic E-state index is 0.00895. The fourth-order valence-corrected chi connectivity index (χ4v) is 3.15. The number of hydrogen-bond donors (Lipinski definition) is 3. The van der Waals surface area contributed by atoms with Gasteiger partial charge in [-0.25, -0.2) is 8.78 Å². The van der Waals surface area contributed by atoms with Gasteiger partial charge < -0.3 is 16.0 Å². The molecule has 3 N–H and O–H groups in total. The molecule has 7 heteroatoms. The molecule has 5 nitrogen and oxygen atoms in total. The number of amides is 2. The third-order valence-electron chi connectivity index (χ3n) is 4.55. The molecule has 0 unspecified atom stereocenters. The van der Waals surface area contributed by atoms with E-state index in [1.165, 1.54) is 18.2 Å². The van der Waals surface area contributed by atoms with Crippen molar-refractivity contribution in [2.45, 2.75) is 33.2 Å². The number of benzene rings is 2. The van der Waals surface area contributed by atoms with E-state index in [1.807, 2.05) is 13.8 Å². The summed E-state index contributed by atoms with van der Waals surface area (Å²) in [5, 5.41) is 8.15. The number of rotatable bonds is 5. The van der Waals surface area contributed by atoms with Gasteiger partial charge in [0.05, 0.1) is 11.4 Å². The van der Waals surface area contributed by atoms with Crippen molar-refractivity contribution in [3.05, 3.63) is 58.7 Å². The molecule has 0 fully saturated rings. The molecular weight excluding hydrogens is 364 g/mol. The lowest BCUT2D eigenvalue weighted by Gasteiger charge is -2.19. The molecule has 1 aliphatic rings. The summed E-state index contributed by atoms with van der Waals surface area (Å²) in [5.41, 5.74) is 1.58. The van der Waals surface area contributed by atoms with Crippen LogP contribution in [0, 0.1) is 17.6 Å². The Morgan fingerprint density at radius 2 is 1.86 bits per heavy atom. The Bertz CT molecular complexity index is 913. The lowest BCUT2D eigenvalue weighted by atomic mass is 9.99. The van der Waals surface area contributed by atoms with Gasteiger partial charge in [0.2, 0.25) is 5.91 Å². The zero-order valence-electron chi connectivity index (χ0n) is 15.9. The van der Waals surface area contributed by atoms with E-state index in [9.17, 15) is 18.4 Å². The molecule has 2 aromatic carbocycles. The van der Waals surface area contributed by atoms with E-state index in [1.54, 1.807) is 6.07 Å². The van der Waals surface area contributed by atoms with Crippen LogP contribution < -0.4 is 16.0 Å². The molecule has 1 heterocycles. The molecule has 148 valence electrons. The van der Waals surface area contributed by atoms with E-state index in [0.717, 1.165) is 11.6 Å². The Labute approximate surface area is 162 Å². The van der Waals surface area contributed by atoms with Gasteiger partial charge in [-0.1, -0.05) is 19.9 Å². The van der Waals surface area contributed by atoms with Crippen LogP contribution in [0.15, 0.2) is 30.3 Å². The number of hydrogen-bond acceptors (Lipinski definition) is 3. The summed E-state index contributed by atoms with van der Waals surface area (Å²) in [6.07, 6.45) is 0.819. The first-order chi connectivity index (χ1) is 13.3. The van der Waals surface area contributed by atoms with Gasteiger partial charge in [-0.15, -0.1) is 0 Å². The highest BCUT2D eigenvalue weighted by molar-refractivity contribution is 6.04. The Balaban J connectivity index is 1.73. The largest absolute Gasteiger partial charge is 0.324 e. The van der Waals surface area contributed by atoms with Crippen LogP contribution in [0.2, 0.25) is 0 Å². The quantitative estimate of drug-likeness (QED) is 0.730. The highest BCUT2D eigenvalue weighted by Gasteiger charge is 2.19. The van der Waals surface area contributed by atoms with Gasteiger partial charge in [0.25, 0.3) is 5.91 Å². The van der Waals surface area contributed by atoms with E-state index in [4.69, 9.17) is 0 Å². The maximum Gasteiger partial charge on any atom is 0.255 e. The second-order valence-corrected chi connectivity index (χ2v) is 7.29. The highest BCUT2D eigenvalue weighted by atomic mass is 19.1. The Morgan fingerprint density at radius 3 is 2.57 bits per heavy atom. The molecule has 0 radical (unpaired) electrons. The van der Waals surface area contributed by atoms with Crippen LogP contribution in [0.4, 0.5) is 20.2 Å². The summed E-state index contributed by atoms with van der Waals surface area (Å²) in [5.74, 6) is -1.94. The van der Waals surface area contributed by atoms with E-state index in [0.29, 0.717) is 25.1 Å². The fraction of sp³-hybridized carbons (Fsp3) is 0.333. The average molecular weight is 387 g/mol. The van der Waals surface area contributed by atoms with E-state index in [2.05, 4.69) is 16.0 Å². The lowest BCUT2D eigenvalue weighted by molar-refractivity contribution is -0.116. The predicted molar refractivity (Wildman–Crippen MR) is 104 cm³/mol. The van der Waals surface area contributed by atoms with Crippen LogP contribution in [0.5, 0.6) is 0 Å². The molecule has 0 saturated heterocycles. The molecule has 3 rings (SSSR count). The van der Waals surface area contributed by atoms with Crippen LogP contribution >= 0.6 is 0 Å². The summed E-state index contributed by atoms with van der Waals surface area (Å²) in [7, 11) is 0. The smallest absolute Gasteiger partial charge is 0.255 e. The predicted octanol–water partition coefficient (Wildman–Crippen LogP) is 3.85. The Morgan fingerprint density at radius 1 is 1.11 bits per heavy atom. The molecule has 0 aliphatic carbocycles. The van der Waals surface area contributed by atoms with Crippen molar-refractivity contribution in [1.82, 2.24) is 5.32 Å². The molecule has 0 saturated carbocycles. The molecular formula is C21H23F2N3O2. The monoisotopic (exact) mass is 387 g/mol. The first-order valence-corrected chi connectivity index (χ1v) is 9.27. The summed E-state index contributed by atoms with van der Waals surface area (Å²) in [6.45, 7) is 5.05. The normalized spacial score (nSPS) is 13.2. The number of carbonyl (C=O) groups is 2. The second kappa shape index (κ2) is 8.48. The molecule has 2 aromatic rings. The van der Waals surface area contributed by atoms with Gasteiger partial charge in [-0.2, -0.15) is 0 Å². The second-order valence-electron chi connectivity index (χ2n) is 7.29. The molecule has 2 amide bonds. The lowest BCUT2D eigenvalue weighted by Crippen LogP contribution is -2.25. The molecule has 28 heavy (non-hydrogen) atoms. The SMILES string of the molecule is CC(C)CC(=O)Nc1ccc(C(=O)Nc2ccc3c(c2F)CCNC3)cc1F. The number of nitrogens with one attached hydrogen (secondary N) is 3. The number of halogens is 2. The van der Waals surface area contributed by atoms with Crippen LogP contribution in [0.1, 0.15) is 41.8 Å². The van der Waals surface area contributed by atoms with Crippen molar-refractivity contribution < 1.29 is 18.4 Å². The Hall–Kier alpha value is -2.80. The molecule has 0 atom stereocenters. The summed E-state index contributed by atoms with van der Waals surface area (Å²) in [4.78, 5) is 24.2. The summed E-state index contributed by atoms with van der Waals surface area (Å²) >= 11 is 0. The molecule has 0 spiro atoms. The molecule has 1 aliphatic heterocycles. The molecule has 0 bridgehead atoms. The van der Waals surface area contributed by atoms with Gasteiger partial charge in [-0.3, -0.25) is 9.59 Å². The minimum Gasteiger partial charge on any atom is -0.324 e. The van der Waals surface area contributed by atoms with Crippen molar-refractivity contribution in [3.8, 4) is 0 Å². The third kappa shape index (κ3) is 4.54. The maximum absolute atomic E-state index is 14.7. The topological polar surface area (TPSA) is 70.2 Å². The number of fused-ring (bicyclic) bond motifs is 1. The van der Waals surface area contributed by atoms with E-state index in [-0.39, 0.29) is 35.2 Å². The van der Waals surface area contributed by atoms with Gasteiger partial charge in [-0.05, 0) is 54.3 Å². The first kappa shape index (κ1) is 19.9. The zero-order chi connectivity index (χ0) is 20.3. The fourth-order valence-electron chi connectivity index (χ4n) is 3.15. The number of carbonyl (C=O) groups excluding carboxylic acids is 2. The van der Waals surface area contributed by atoms with Crippen molar-refractivity contribution in [1.29, 1.82) is 0 Å². The summed E-state index contributed by atoms with van der Waals surface area (Å²) < 4.78 is 28.9. The van der Waals surface area contributed by atoms with Crippen molar-refractivity contribution in [3.63, 3.8) is 0 Å². The van der Waals surface area contributed by atoms with Crippen molar-refractivity contribution >= 4 is 23.2 Å². The highest BCUT2D eigenvalue weighted by Crippen LogP contribution is 2.25. The number of anilines is 2.